The molecule has 0 unspecified atom stereocenters. The molecule has 0 heterocycles. The van der Waals surface area contributed by atoms with Crippen molar-refractivity contribution in [3.63, 3.8) is 0 Å². The van der Waals surface area contributed by atoms with Crippen molar-refractivity contribution in [1.82, 2.24) is 9.21 Å². The van der Waals surface area contributed by atoms with Gasteiger partial charge in [-0.05, 0) is 50.2 Å². The van der Waals surface area contributed by atoms with Crippen LogP contribution in [-0.2, 0) is 10.0 Å². The van der Waals surface area contributed by atoms with E-state index in [0.29, 0.717) is 18.3 Å². The smallest absolute Gasteiger partial charge is 0.242 e. The zero-order chi connectivity index (χ0) is 16.8. The van der Waals surface area contributed by atoms with E-state index in [4.69, 9.17) is 4.74 Å². The molecule has 0 amide bonds. The highest BCUT2D eigenvalue weighted by atomic mass is 32.2. The van der Waals surface area contributed by atoms with Crippen molar-refractivity contribution >= 4 is 10.0 Å². The second-order valence-corrected chi connectivity index (χ2v) is 8.24. The molecule has 126 valence electrons. The Kier molecular flexibility index (Phi) is 7.32. The second-order valence-electron chi connectivity index (χ2n) is 6.09. The first kappa shape index (κ1) is 18.9. The van der Waals surface area contributed by atoms with Crippen LogP contribution in [0, 0.1) is 5.92 Å². The van der Waals surface area contributed by atoms with E-state index in [2.05, 4.69) is 25.8 Å². The zero-order valence-electron chi connectivity index (χ0n) is 14.2. The van der Waals surface area contributed by atoms with Crippen molar-refractivity contribution in [3.8, 4) is 5.75 Å². The number of hydrogen-bond acceptors (Lipinski definition) is 4. The summed E-state index contributed by atoms with van der Waals surface area (Å²) in [4.78, 5) is 2.52. The minimum absolute atomic E-state index is 0.277. The third-order valence-electron chi connectivity index (χ3n) is 3.43. The molecule has 0 aliphatic rings. The topological polar surface area (TPSA) is 49.9 Å². The summed E-state index contributed by atoms with van der Waals surface area (Å²) in [7, 11) is 1.75. The molecule has 0 aliphatic carbocycles. The molecule has 0 aromatic heterocycles. The van der Waals surface area contributed by atoms with Crippen molar-refractivity contribution in [3.05, 3.63) is 24.3 Å². The van der Waals surface area contributed by atoms with Gasteiger partial charge in [0.15, 0.2) is 0 Å². The van der Waals surface area contributed by atoms with Crippen LogP contribution >= 0.6 is 0 Å². The molecule has 0 aliphatic heterocycles. The highest BCUT2D eigenvalue weighted by Crippen LogP contribution is 2.18. The third kappa shape index (κ3) is 5.94. The zero-order valence-corrected chi connectivity index (χ0v) is 15.1. The third-order valence-corrected chi connectivity index (χ3v) is 5.26. The molecule has 0 bridgehead atoms. The molecule has 6 heteroatoms. The van der Waals surface area contributed by atoms with Gasteiger partial charge >= 0.3 is 0 Å². The number of nitrogens with zero attached hydrogens (tertiary/aromatic N) is 2. The van der Waals surface area contributed by atoms with Gasteiger partial charge in [-0.25, -0.2) is 12.7 Å². The Balaban J connectivity index is 2.46. The molecule has 0 N–H and O–H groups in total. The van der Waals surface area contributed by atoms with Crippen LogP contribution in [-0.4, -0.2) is 58.5 Å². The standard InChI is InChI=1S/C16H28N2O3S/c1-14(2)10-11-18(5)12-13-21-15-6-8-16(9-7-15)22(19,20)17(3)4/h6-9,14H,10-13H2,1-5H3. The number of likely N-dealkylation sites (N-methyl/N-ethyl adjacent to an activating group) is 1. The van der Waals surface area contributed by atoms with E-state index in [1.807, 2.05) is 0 Å². The molecule has 1 aromatic rings. The molecule has 1 rings (SSSR count). The van der Waals surface area contributed by atoms with Gasteiger partial charge in [0.2, 0.25) is 10.0 Å². The summed E-state index contributed by atoms with van der Waals surface area (Å²) >= 11 is 0. The molecule has 0 saturated heterocycles. The van der Waals surface area contributed by atoms with Crippen LogP contribution in [0.25, 0.3) is 0 Å². The summed E-state index contributed by atoms with van der Waals surface area (Å²) in [6.07, 6.45) is 1.17. The Bertz CT molecular complexity index is 539. The summed E-state index contributed by atoms with van der Waals surface area (Å²) in [6, 6.07) is 6.55. The van der Waals surface area contributed by atoms with Gasteiger partial charge in [0.05, 0.1) is 4.90 Å². The normalized spacial score (nSPS) is 12.4. The summed E-state index contributed by atoms with van der Waals surface area (Å²) < 4.78 is 30.8. The van der Waals surface area contributed by atoms with Crippen molar-refractivity contribution in [1.29, 1.82) is 0 Å². The molecule has 0 saturated carbocycles. The fourth-order valence-electron chi connectivity index (χ4n) is 1.83. The van der Waals surface area contributed by atoms with Crippen LogP contribution in [0.15, 0.2) is 29.2 Å². The van der Waals surface area contributed by atoms with Gasteiger partial charge in [0.25, 0.3) is 0 Å². The van der Waals surface area contributed by atoms with E-state index in [0.717, 1.165) is 13.1 Å². The maximum atomic E-state index is 12.0. The van der Waals surface area contributed by atoms with E-state index in [1.54, 1.807) is 24.3 Å². The first-order valence-electron chi connectivity index (χ1n) is 7.57. The maximum absolute atomic E-state index is 12.0. The second kappa shape index (κ2) is 8.50. The molecule has 0 atom stereocenters. The fraction of sp³-hybridized carbons (Fsp3) is 0.625. The molecule has 0 spiro atoms. The van der Waals surface area contributed by atoms with Crippen LogP contribution in [0.4, 0.5) is 0 Å². The van der Waals surface area contributed by atoms with Gasteiger partial charge in [0.1, 0.15) is 12.4 Å². The largest absolute Gasteiger partial charge is 0.492 e. The minimum Gasteiger partial charge on any atom is -0.492 e. The Labute approximate surface area is 134 Å². The van der Waals surface area contributed by atoms with Crippen molar-refractivity contribution < 1.29 is 13.2 Å². The van der Waals surface area contributed by atoms with Crippen molar-refractivity contribution in [2.45, 2.75) is 25.2 Å². The Morgan fingerprint density at radius 3 is 2.14 bits per heavy atom. The SMILES string of the molecule is CC(C)CCN(C)CCOc1ccc(S(=O)(=O)N(C)C)cc1. The van der Waals surface area contributed by atoms with Gasteiger partial charge in [-0.2, -0.15) is 0 Å². The van der Waals surface area contributed by atoms with Crippen LogP contribution in [0.3, 0.4) is 0 Å². The van der Waals surface area contributed by atoms with E-state index < -0.39 is 10.0 Å². The number of ether oxygens (including phenoxy) is 1. The Hall–Kier alpha value is -1.11. The van der Waals surface area contributed by atoms with Crippen LogP contribution in [0.1, 0.15) is 20.3 Å². The van der Waals surface area contributed by atoms with E-state index in [-0.39, 0.29) is 4.90 Å². The average molecular weight is 328 g/mol. The van der Waals surface area contributed by atoms with E-state index in [1.165, 1.54) is 24.8 Å². The number of rotatable bonds is 9. The van der Waals surface area contributed by atoms with Gasteiger partial charge in [0, 0.05) is 20.6 Å². The fourth-order valence-corrected chi connectivity index (χ4v) is 2.73. The summed E-state index contributed by atoms with van der Waals surface area (Å²) in [5.74, 6) is 1.39. The Morgan fingerprint density at radius 2 is 1.64 bits per heavy atom. The molecular weight excluding hydrogens is 300 g/mol. The lowest BCUT2D eigenvalue weighted by Crippen LogP contribution is -2.26. The number of hydrogen-bond donors (Lipinski definition) is 0. The summed E-state index contributed by atoms with van der Waals surface area (Å²) in [5.41, 5.74) is 0. The molecule has 0 radical (unpaired) electrons. The van der Waals surface area contributed by atoms with E-state index in [9.17, 15) is 8.42 Å². The van der Waals surface area contributed by atoms with Crippen LogP contribution < -0.4 is 4.74 Å². The van der Waals surface area contributed by atoms with Gasteiger partial charge in [-0.1, -0.05) is 13.8 Å². The highest BCUT2D eigenvalue weighted by Gasteiger charge is 2.16. The Morgan fingerprint density at radius 1 is 1.05 bits per heavy atom. The minimum atomic E-state index is -3.37. The lowest BCUT2D eigenvalue weighted by atomic mass is 10.1. The van der Waals surface area contributed by atoms with Crippen LogP contribution in [0.2, 0.25) is 0 Å². The molecule has 5 nitrogen and oxygen atoms in total. The number of benzene rings is 1. The van der Waals surface area contributed by atoms with Gasteiger partial charge < -0.3 is 9.64 Å². The monoisotopic (exact) mass is 328 g/mol. The lowest BCUT2D eigenvalue weighted by molar-refractivity contribution is 0.230. The maximum Gasteiger partial charge on any atom is 0.242 e. The summed E-state index contributed by atoms with van der Waals surface area (Å²) in [5, 5.41) is 0. The lowest BCUT2D eigenvalue weighted by Gasteiger charge is -2.18. The first-order valence-corrected chi connectivity index (χ1v) is 9.01. The number of sulfonamides is 1. The van der Waals surface area contributed by atoms with Gasteiger partial charge in [-0.3, -0.25) is 0 Å². The quantitative estimate of drug-likeness (QED) is 0.698. The molecule has 0 fully saturated rings. The van der Waals surface area contributed by atoms with Crippen molar-refractivity contribution in [2.75, 3.05) is 40.8 Å². The van der Waals surface area contributed by atoms with E-state index >= 15 is 0 Å². The molecule has 22 heavy (non-hydrogen) atoms. The highest BCUT2D eigenvalue weighted by molar-refractivity contribution is 7.89. The average Bonchev–Trinajstić information content (AvgIpc) is 2.45. The first-order chi connectivity index (χ1) is 10.2. The molecular formula is C16H28N2O3S. The predicted octanol–water partition coefficient (Wildman–Crippen LogP) is 2.29. The van der Waals surface area contributed by atoms with Crippen LogP contribution in [0.5, 0.6) is 5.75 Å². The molecule has 1 aromatic carbocycles. The predicted molar refractivity (Wildman–Crippen MR) is 89.8 cm³/mol. The van der Waals surface area contributed by atoms with Crippen molar-refractivity contribution in [2.24, 2.45) is 5.92 Å². The van der Waals surface area contributed by atoms with Gasteiger partial charge in [-0.15, -0.1) is 0 Å². The summed E-state index contributed by atoms with van der Waals surface area (Å²) in [6.45, 7) is 6.93.